The number of rotatable bonds is 4. The molecule has 2 aromatic rings. The summed E-state index contributed by atoms with van der Waals surface area (Å²) in [6.07, 6.45) is -3.11. The van der Waals surface area contributed by atoms with Crippen LogP contribution in [-0.4, -0.2) is 32.9 Å². The number of benzene rings is 1. The average molecular weight is 410 g/mol. The van der Waals surface area contributed by atoms with Crippen molar-refractivity contribution < 1.29 is 32.3 Å². The van der Waals surface area contributed by atoms with E-state index in [1.54, 1.807) is 13.8 Å². The Morgan fingerprint density at radius 1 is 1.24 bits per heavy atom. The van der Waals surface area contributed by atoms with Gasteiger partial charge in [0.25, 0.3) is 5.91 Å². The Kier molecular flexibility index (Phi) is 5.34. The first-order chi connectivity index (χ1) is 13.5. The molecule has 29 heavy (non-hydrogen) atoms. The number of nitrogens with zero attached hydrogens (tertiary/aromatic N) is 2. The predicted octanol–water partition coefficient (Wildman–Crippen LogP) is 4.48. The SMILES string of the molecule is CC(C)N(C(=O)c1cccnc1C(F)(F)F)[C@@H]1CCc2cc(F)c(C(=O)O)cc21. The minimum Gasteiger partial charge on any atom is -0.478 e. The summed E-state index contributed by atoms with van der Waals surface area (Å²) in [7, 11) is 0. The van der Waals surface area contributed by atoms with Crippen LogP contribution in [0.2, 0.25) is 0 Å². The van der Waals surface area contributed by atoms with Crippen LogP contribution in [0, 0.1) is 5.82 Å². The summed E-state index contributed by atoms with van der Waals surface area (Å²) in [5.74, 6) is -3.20. The summed E-state index contributed by atoms with van der Waals surface area (Å²) in [5.41, 5.74) is -1.42. The van der Waals surface area contributed by atoms with Crippen molar-refractivity contribution in [3.63, 3.8) is 0 Å². The number of fused-ring (bicyclic) bond motifs is 1. The van der Waals surface area contributed by atoms with E-state index in [1.807, 2.05) is 0 Å². The number of pyridine rings is 1. The number of aromatic nitrogens is 1. The molecule has 1 aliphatic carbocycles. The number of alkyl halides is 3. The molecule has 1 aromatic carbocycles. The molecule has 0 aliphatic heterocycles. The van der Waals surface area contributed by atoms with Crippen LogP contribution in [0.25, 0.3) is 0 Å². The van der Waals surface area contributed by atoms with E-state index in [-0.39, 0.29) is 0 Å². The number of aryl methyl sites for hydroxylation is 1. The molecule has 1 aromatic heterocycles. The zero-order valence-corrected chi connectivity index (χ0v) is 15.6. The highest BCUT2D eigenvalue weighted by Gasteiger charge is 2.41. The van der Waals surface area contributed by atoms with Crippen LogP contribution in [-0.2, 0) is 12.6 Å². The van der Waals surface area contributed by atoms with Crippen LogP contribution in [0.15, 0.2) is 30.5 Å². The van der Waals surface area contributed by atoms with Gasteiger partial charge >= 0.3 is 12.1 Å². The molecule has 1 N–H and O–H groups in total. The normalized spacial score (nSPS) is 16.0. The second kappa shape index (κ2) is 7.46. The van der Waals surface area contributed by atoms with Crippen LogP contribution in [0.5, 0.6) is 0 Å². The largest absolute Gasteiger partial charge is 0.478 e. The van der Waals surface area contributed by atoms with Gasteiger partial charge in [-0.1, -0.05) is 0 Å². The van der Waals surface area contributed by atoms with Crippen molar-refractivity contribution >= 4 is 11.9 Å². The lowest BCUT2D eigenvalue weighted by molar-refractivity contribution is -0.141. The number of carboxylic acid groups (broad SMARTS) is 1. The van der Waals surface area contributed by atoms with Gasteiger partial charge in [0.15, 0.2) is 5.69 Å². The third-order valence-corrected chi connectivity index (χ3v) is 4.94. The van der Waals surface area contributed by atoms with Crippen molar-refractivity contribution in [2.45, 2.75) is 44.9 Å². The summed E-state index contributed by atoms with van der Waals surface area (Å²) in [4.78, 5) is 29.0. The molecule has 0 radical (unpaired) electrons. The second-order valence-electron chi connectivity index (χ2n) is 7.09. The molecule has 9 heteroatoms. The Labute approximate surface area is 164 Å². The highest BCUT2D eigenvalue weighted by atomic mass is 19.4. The highest BCUT2D eigenvalue weighted by Crippen LogP contribution is 2.40. The fraction of sp³-hybridized carbons (Fsp3) is 0.350. The Hall–Kier alpha value is -2.97. The van der Waals surface area contributed by atoms with Crippen LogP contribution in [0.1, 0.15) is 63.8 Å². The van der Waals surface area contributed by atoms with Crippen LogP contribution < -0.4 is 0 Å². The molecule has 1 atom stereocenters. The van der Waals surface area contributed by atoms with Gasteiger partial charge < -0.3 is 10.0 Å². The first-order valence-corrected chi connectivity index (χ1v) is 8.92. The van der Waals surface area contributed by atoms with E-state index in [0.29, 0.717) is 24.0 Å². The molecular weight excluding hydrogens is 392 g/mol. The van der Waals surface area contributed by atoms with Gasteiger partial charge in [0, 0.05) is 12.2 Å². The summed E-state index contributed by atoms with van der Waals surface area (Å²) in [6.45, 7) is 3.31. The minimum atomic E-state index is -4.80. The quantitative estimate of drug-likeness (QED) is 0.755. The zero-order valence-electron chi connectivity index (χ0n) is 15.6. The number of halogens is 4. The van der Waals surface area contributed by atoms with Crippen molar-refractivity contribution in [2.75, 3.05) is 0 Å². The summed E-state index contributed by atoms with van der Waals surface area (Å²) in [6, 6.07) is 3.45. The number of hydrogen-bond donors (Lipinski definition) is 1. The fourth-order valence-electron chi connectivity index (χ4n) is 3.74. The summed E-state index contributed by atoms with van der Waals surface area (Å²) in [5, 5.41) is 9.19. The number of aromatic carboxylic acids is 1. The first-order valence-electron chi connectivity index (χ1n) is 8.92. The smallest absolute Gasteiger partial charge is 0.434 e. The van der Waals surface area contributed by atoms with Gasteiger partial charge in [0.1, 0.15) is 5.82 Å². The minimum absolute atomic E-state index is 0.351. The van der Waals surface area contributed by atoms with Gasteiger partial charge in [0.05, 0.1) is 17.2 Å². The summed E-state index contributed by atoms with van der Waals surface area (Å²) >= 11 is 0. The molecule has 1 aliphatic rings. The maximum atomic E-state index is 14.0. The van der Waals surface area contributed by atoms with Crippen LogP contribution in [0.4, 0.5) is 17.6 Å². The summed E-state index contributed by atoms with van der Waals surface area (Å²) < 4.78 is 54.0. The highest BCUT2D eigenvalue weighted by molar-refractivity contribution is 5.96. The number of carboxylic acids is 1. The van der Waals surface area contributed by atoms with E-state index < -0.39 is 52.8 Å². The molecule has 3 rings (SSSR count). The van der Waals surface area contributed by atoms with Crippen molar-refractivity contribution in [2.24, 2.45) is 0 Å². The maximum absolute atomic E-state index is 14.0. The number of carbonyl (C=O) groups excluding carboxylic acids is 1. The molecule has 5 nitrogen and oxygen atoms in total. The van der Waals surface area contributed by atoms with Gasteiger partial charge in [-0.25, -0.2) is 9.18 Å². The number of carbonyl (C=O) groups is 2. The Morgan fingerprint density at radius 2 is 1.93 bits per heavy atom. The van der Waals surface area contributed by atoms with E-state index in [9.17, 15) is 32.3 Å². The fourth-order valence-corrected chi connectivity index (χ4v) is 3.74. The molecule has 0 spiro atoms. The molecule has 1 amide bonds. The Balaban J connectivity index is 2.08. The molecule has 154 valence electrons. The standard InChI is InChI=1S/C20H18F4N2O3/c1-10(2)26(18(27)12-4-3-7-25-17(12)20(22,23)24)16-6-5-11-8-15(21)14(19(28)29)9-13(11)16/h3-4,7-10,16H,5-6H2,1-2H3,(H,28,29)/t16-/m1/s1. The van der Waals surface area contributed by atoms with Crippen molar-refractivity contribution in [3.8, 4) is 0 Å². The number of amides is 1. The topological polar surface area (TPSA) is 70.5 Å². The lowest BCUT2D eigenvalue weighted by atomic mass is 10.0. The molecule has 0 fully saturated rings. The van der Waals surface area contributed by atoms with Crippen molar-refractivity contribution in [1.82, 2.24) is 9.88 Å². The van der Waals surface area contributed by atoms with Gasteiger partial charge in [-0.3, -0.25) is 9.78 Å². The van der Waals surface area contributed by atoms with E-state index in [1.165, 1.54) is 17.0 Å². The average Bonchev–Trinajstić information content (AvgIpc) is 3.02. The molecular formula is C20H18F4N2O3. The zero-order chi connectivity index (χ0) is 21.5. The number of hydrogen-bond acceptors (Lipinski definition) is 3. The first kappa shape index (κ1) is 20.8. The van der Waals surface area contributed by atoms with Gasteiger partial charge in [-0.05, 0) is 62.1 Å². The van der Waals surface area contributed by atoms with E-state index >= 15 is 0 Å². The lowest BCUT2D eigenvalue weighted by Gasteiger charge is -2.34. The molecule has 0 unspecified atom stereocenters. The van der Waals surface area contributed by atoms with Crippen LogP contribution >= 0.6 is 0 Å². The molecule has 1 heterocycles. The van der Waals surface area contributed by atoms with Gasteiger partial charge in [0.2, 0.25) is 0 Å². The Bertz CT molecular complexity index is 973. The third kappa shape index (κ3) is 3.81. The van der Waals surface area contributed by atoms with Crippen LogP contribution in [0.3, 0.4) is 0 Å². The lowest BCUT2D eigenvalue weighted by Crippen LogP contribution is -2.40. The molecule has 0 bridgehead atoms. The van der Waals surface area contributed by atoms with Crippen molar-refractivity contribution in [3.05, 3.63) is 64.2 Å². The monoisotopic (exact) mass is 410 g/mol. The van der Waals surface area contributed by atoms with Gasteiger partial charge in [-0.2, -0.15) is 13.2 Å². The predicted molar refractivity (Wildman–Crippen MR) is 95.0 cm³/mol. The van der Waals surface area contributed by atoms with E-state index in [0.717, 1.165) is 18.3 Å². The third-order valence-electron chi connectivity index (χ3n) is 4.94. The second-order valence-corrected chi connectivity index (χ2v) is 7.09. The molecule has 0 saturated carbocycles. The molecule has 0 saturated heterocycles. The van der Waals surface area contributed by atoms with Gasteiger partial charge in [-0.15, -0.1) is 0 Å². The van der Waals surface area contributed by atoms with Crippen molar-refractivity contribution in [1.29, 1.82) is 0 Å². The Morgan fingerprint density at radius 3 is 2.52 bits per heavy atom. The van der Waals surface area contributed by atoms with E-state index in [4.69, 9.17) is 0 Å². The maximum Gasteiger partial charge on any atom is 0.434 e. The van der Waals surface area contributed by atoms with E-state index in [2.05, 4.69) is 4.98 Å².